The van der Waals surface area contributed by atoms with Crippen molar-refractivity contribution >= 4 is 23.2 Å². The number of aromatic nitrogens is 1. The van der Waals surface area contributed by atoms with E-state index in [2.05, 4.69) is 17.1 Å². The Hall–Kier alpha value is -3.03. The molecule has 5 rings (SSSR count). The molecule has 2 saturated heterocycles. The van der Waals surface area contributed by atoms with E-state index in [-0.39, 0.29) is 29.8 Å². The molecule has 0 saturated carbocycles. The van der Waals surface area contributed by atoms with Crippen molar-refractivity contribution in [1.29, 1.82) is 0 Å². The van der Waals surface area contributed by atoms with Crippen molar-refractivity contribution in [3.63, 3.8) is 0 Å². The third kappa shape index (κ3) is 4.06. The number of hydrogen-bond donors (Lipinski definition) is 1. The van der Waals surface area contributed by atoms with Crippen LogP contribution in [0.3, 0.4) is 0 Å². The van der Waals surface area contributed by atoms with E-state index in [1.165, 1.54) is 22.5 Å². The predicted octanol–water partition coefficient (Wildman–Crippen LogP) is 3.05. The van der Waals surface area contributed by atoms with Crippen LogP contribution in [-0.2, 0) is 6.42 Å². The number of nitrogens with zero attached hydrogens (tertiary/aromatic N) is 3. The van der Waals surface area contributed by atoms with Gasteiger partial charge in [-0.3, -0.25) is 9.59 Å². The fourth-order valence-electron chi connectivity index (χ4n) is 4.81. The Balaban J connectivity index is 1.20. The standard InChI is InChI=1S/C25H26N4O2S/c26-21-10-12-29(25(31)23-27-11-13-32-23)22(21)20-15-28(16-20)24(30)19-8-6-18(7-9-19)14-17-4-2-1-3-5-17/h1-9,11,13,20-22H,10,12,14-16,26H2. The molecule has 0 radical (unpaired) electrons. The second-order valence-electron chi connectivity index (χ2n) is 8.61. The fraction of sp³-hybridized carbons (Fsp3) is 0.320. The highest BCUT2D eigenvalue weighted by molar-refractivity contribution is 7.11. The maximum atomic E-state index is 12.9. The van der Waals surface area contributed by atoms with Crippen molar-refractivity contribution in [2.24, 2.45) is 11.7 Å². The van der Waals surface area contributed by atoms with Crippen LogP contribution >= 0.6 is 11.3 Å². The van der Waals surface area contributed by atoms with Crippen LogP contribution in [-0.4, -0.2) is 58.3 Å². The molecule has 2 aromatic carbocycles. The number of likely N-dealkylation sites (tertiary alicyclic amines) is 2. The smallest absolute Gasteiger partial charge is 0.283 e. The van der Waals surface area contributed by atoms with Crippen LogP contribution in [0.1, 0.15) is 37.7 Å². The summed E-state index contributed by atoms with van der Waals surface area (Å²) in [6.45, 7) is 1.91. The lowest BCUT2D eigenvalue weighted by Gasteiger charge is -2.45. The van der Waals surface area contributed by atoms with E-state index >= 15 is 0 Å². The van der Waals surface area contributed by atoms with E-state index in [9.17, 15) is 9.59 Å². The van der Waals surface area contributed by atoms with Gasteiger partial charge in [0.1, 0.15) is 0 Å². The number of nitrogens with two attached hydrogens (primary N) is 1. The Labute approximate surface area is 191 Å². The highest BCUT2D eigenvalue weighted by Crippen LogP contribution is 2.32. The molecular formula is C25H26N4O2S. The van der Waals surface area contributed by atoms with Gasteiger partial charge in [0, 0.05) is 48.7 Å². The minimum atomic E-state index is -0.0570. The first-order valence-electron chi connectivity index (χ1n) is 11.0. The molecule has 1 aromatic heterocycles. The lowest BCUT2D eigenvalue weighted by atomic mass is 9.87. The number of amides is 2. The van der Waals surface area contributed by atoms with Crippen LogP contribution in [0.25, 0.3) is 0 Å². The molecule has 7 heteroatoms. The van der Waals surface area contributed by atoms with E-state index in [0.717, 1.165) is 12.8 Å². The molecule has 2 unspecified atom stereocenters. The highest BCUT2D eigenvalue weighted by Gasteiger charge is 2.46. The molecule has 2 amide bonds. The van der Waals surface area contributed by atoms with Gasteiger partial charge in [-0.2, -0.15) is 0 Å². The monoisotopic (exact) mass is 446 g/mol. The Morgan fingerprint density at radius 2 is 1.72 bits per heavy atom. The zero-order valence-corrected chi connectivity index (χ0v) is 18.6. The van der Waals surface area contributed by atoms with E-state index in [1.54, 1.807) is 6.20 Å². The SMILES string of the molecule is NC1CCN(C(=O)c2nccs2)C1C1CN(C(=O)c2ccc(Cc3ccccc3)cc2)C1. The molecule has 0 bridgehead atoms. The molecule has 2 N–H and O–H groups in total. The molecule has 2 fully saturated rings. The number of carbonyl (C=O) groups excluding carboxylic acids is 2. The Morgan fingerprint density at radius 3 is 2.41 bits per heavy atom. The molecule has 2 aliphatic rings. The largest absolute Gasteiger partial charge is 0.338 e. The first kappa shape index (κ1) is 20.8. The maximum Gasteiger partial charge on any atom is 0.283 e. The molecule has 3 heterocycles. The number of carbonyl (C=O) groups is 2. The van der Waals surface area contributed by atoms with E-state index in [4.69, 9.17) is 5.73 Å². The Bertz CT molecular complexity index is 1080. The third-order valence-corrected chi connectivity index (χ3v) is 7.27. The summed E-state index contributed by atoms with van der Waals surface area (Å²) in [5, 5.41) is 2.32. The Morgan fingerprint density at radius 1 is 1.00 bits per heavy atom. The molecule has 6 nitrogen and oxygen atoms in total. The summed E-state index contributed by atoms with van der Waals surface area (Å²) in [5.74, 6) is 0.200. The van der Waals surface area contributed by atoms with Crippen LogP contribution in [0.4, 0.5) is 0 Å². The number of rotatable bonds is 5. The van der Waals surface area contributed by atoms with Crippen LogP contribution in [0, 0.1) is 5.92 Å². The topological polar surface area (TPSA) is 79.5 Å². The van der Waals surface area contributed by atoms with Crippen LogP contribution < -0.4 is 5.73 Å². The van der Waals surface area contributed by atoms with Crippen LogP contribution in [0.5, 0.6) is 0 Å². The van der Waals surface area contributed by atoms with Gasteiger partial charge in [-0.15, -0.1) is 11.3 Å². The number of hydrogen-bond acceptors (Lipinski definition) is 5. The summed E-state index contributed by atoms with van der Waals surface area (Å²) in [7, 11) is 0. The maximum absolute atomic E-state index is 12.9. The van der Waals surface area contributed by atoms with Crippen LogP contribution in [0.2, 0.25) is 0 Å². The zero-order valence-electron chi connectivity index (χ0n) is 17.8. The third-order valence-electron chi connectivity index (χ3n) is 6.51. The van der Waals surface area contributed by atoms with Gasteiger partial charge in [0.15, 0.2) is 5.01 Å². The van der Waals surface area contributed by atoms with Crippen molar-refractivity contribution in [2.45, 2.75) is 24.9 Å². The summed E-state index contributed by atoms with van der Waals surface area (Å²) in [5.41, 5.74) is 9.50. The van der Waals surface area contributed by atoms with Gasteiger partial charge >= 0.3 is 0 Å². The number of thiazole rings is 1. The van der Waals surface area contributed by atoms with E-state index in [1.807, 2.05) is 57.6 Å². The normalized spacial score (nSPS) is 20.9. The molecule has 164 valence electrons. The molecular weight excluding hydrogens is 420 g/mol. The summed E-state index contributed by atoms with van der Waals surface area (Å²) in [6.07, 6.45) is 3.29. The molecule has 3 aromatic rings. The van der Waals surface area contributed by atoms with Crippen molar-refractivity contribution in [2.75, 3.05) is 19.6 Å². The van der Waals surface area contributed by atoms with Gasteiger partial charge in [-0.1, -0.05) is 42.5 Å². The minimum Gasteiger partial charge on any atom is -0.338 e. The fourth-order valence-corrected chi connectivity index (χ4v) is 5.40. The number of benzene rings is 2. The van der Waals surface area contributed by atoms with E-state index < -0.39 is 0 Å². The minimum absolute atomic E-state index is 0.0382. The van der Waals surface area contributed by atoms with Gasteiger partial charge in [-0.25, -0.2) is 4.98 Å². The van der Waals surface area contributed by atoms with Gasteiger partial charge in [0.05, 0.1) is 6.04 Å². The summed E-state index contributed by atoms with van der Waals surface area (Å²) in [6, 6.07) is 18.1. The van der Waals surface area contributed by atoms with Gasteiger partial charge in [0.25, 0.3) is 11.8 Å². The van der Waals surface area contributed by atoms with Crippen molar-refractivity contribution in [1.82, 2.24) is 14.8 Å². The second kappa shape index (κ2) is 8.84. The molecule has 0 spiro atoms. The molecule has 2 aliphatic heterocycles. The van der Waals surface area contributed by atoms with Crippen molar-refractivity contribution in [3.8, 4) is 0 Å². The summed E-state index contributed by atoms with van der Waals surface area (Å²) < 4.78 is 0. The van der Waals surface area contributed by atoms with Gasteiger partial charge in [-0.05, 0) is 36.1 Å². The second-order valence-corrected chi connectivity index (χ2v) is 9.50. The van der Waals surface area contributed by atoms with Crippen molar-refractivity contribution < 1.29 is 9.59 Å². The zero-order chi connectivity index (χ0) is 22.1. The highest BCUT2D eigenvalue weighted by atomic mass is 32.1. The first-order chi connectivity index (χ1) is 15.6. The summed E-state index contributed by atoms with van der Waals surface area (Å²) in [4.78, 5) is 33.7. The predicted molar refractivity (Wildman–Crippen MR) is 125 cm³/mol. The lowest BCUT2D eigenvalue weighted by molar-refractivity contribution is 0.0244. The lowest BCUT2D eigenvalue weighted by Crippen LogP contribution is -2.61. The average molecular weight is 447 g/mol. The van der Waals surface area contributed by atoms with Gasteiger partial charge in [0.2, 0.25) is 0 Å². The van der Waals surface area contributed by atoms with Gasteiger partial charge < -0.3 is 15.5 Å². The molecule has 2 atom stereocenters. The average Bonchev–Trinajstić information content (AvgIpc) is 3.44. The van der Waals surface area contributed by atoms with Crippen molar-refractivity contribution in [3.05, 3.63) is 87.9 Å². The molecule has 0 aliphatic carbocycles. The molecule has 32 heavy (non-hydrogen) atoms. The Kier molecular flexibility index (Phi) is 5.76. The van der Waals surface area contributed by atoms with Crippen LogP contribution in [0.15, 0.2) is 66.2 Å². The first-order valence-corrected chi connectivity index (χ1v) is 11.9. The quantitative estimate of drug-likeness (QED) is 0.653. The van der Waals surface area contributed by atoms with E-state index in [0.29, 0.717) is 30.2 Å². The summed E-state index contributed by atoms with van der Waals surface area (Å²) >= 11 is 1.35.